The number of nitrogens with zero attached hydrogens (tertiary/aromatic N) is 1. The molecule has 0 aromatic rings. The van der Waals surface area contributed by atoms with Crippen molar-refractivity contribution >= 4 is 5.91 Å². The van der Waals surface area contributed by atoms with Crippen LogP contribution in [0, 0.1) is 0 Å². The minimum absolute atomic E-state index is 0.252. The summed E-state index contributed by atoms with van der Waals surface area (Å²) in [6.45, 7) is 13.2. The average Bonchev–Trinajstić information content (AvgIpc) is 2.37. The van der Waals surface area contributed by atoms with Crippen molar-refractivity contribution in [2.24, 2.45) is 5.73 Å². The van der Waals surface area contributed by atoms with Gasteiger partial charge in [0.1, 0.15) is 0 Å². The summed E-state index contributed by atoms with van der Waals surface area (Å²) in [4.78, 5) is 14.2. The molecule has 3 atom stereocenters. The molecule has 0 aromatic carbocycles. The lowest BCUT2D eigenvalue weighted by molar-refractivity contribution is -0.124. The Morgan fingerprint density at radius 1 is 1.43 bits per heavy atom. The number of unbranched alkanes of at least 4 members (excludes halogenated alkanes) is 1. The number of morpholine rings is 1. The van der Waals surface area contributed by atoms with E-state index in [1.165, 1.54) is 0 Å². The predicted molar refractivity (Wildman–Crippen MR) is 86.2 cm³/mol. The number of carbonyl (C=O) groups is 1. The van der Waals surface area contributed by atoms with Gasteiger partial charge in [0.2, 0.25) is 5.91 Å². The molecule has 1 saturated heterocycles. The highest BCUT2D eigenvalue weighted by atomic mass is 16.5. The van der Waals surface area contributed by atoms with E-state index in [9.17, 15) is 4.79 Å². The van der Waals surface area contributed by atoms with E-state index in [2.05, 4.69) is 24.1 Å². The van der Waals surface area contributed by atoms with Gasteiger partial charge in [-0.15, -0.1) is 0 Å². The van der Waals surface area contributed by atoms with Crippen LogP contribution >= 0.6 is 0 Å². The number of hydrogen-bond acceptors (Lipinski definition) is 4. The molecule has 1 heterocycles. The van der Waals surface area contributed by atoms with Gasteiger partial charge in [-0.1, -0.05) is 0 Å². The first kappa shape index (κ1) is 18.4. The van der Waals surface area contributed by atoms with Crippen LogP contribution in [0.5, 0.6) is 0 Å². The fraction of sp³-hybridized carbons (Fsp3) is 0.938. The normalized spacial score (nSPS) is 26.8. The van der Waals surface area contributed by atoms with Crippen LogP contribution in [0.4, 0.5) is 0 Å². The minimum Gasteiger partial charge on any atom is -0.376 e. The third kappa shape index (κ3) is 5.93. The minimum atomic E-state index is -0.599. The SMILES string of the molecule is CC(C)NC(C)(CCCCN1CC(C)OCC1C)C(N)=O. The zero-order valence-corrected chi connectivity index (χ0v) is 14.3. The number of nitrogens with one attached hydrogen (secondary N) is 1. The molecule has 0 bridgehead atoms. The van der Waals surface area contributed by atoms with E-state index < -0.39 is 5.54 Å². The molecule has 124 valence electrons. The maximum atomic E-state index is 11.7. The molecule has 1 rings (SSSR count). The summed E-state index contributed by atoms with van der Waals surface area (Å²) < 4.78 is 5.64. The predicted octanol–water partition coefficient (Wildman–Crippen LogP) is 1.51. The number of amides is 1. The van der Waals surface area contributed by atoms with Crippen LogP contribution in [-0.2, 0) is 9.53 Å². The van der Waals surface area contributed by atoms with Gasteiger partial charge >= 0.3 is 0 Å². The van der Waals surface area contributed by atoms with Crippen LogP contribution in [0.25, 0.3) is 0 Å². The van der Waals surface area contributed by atoms with Gasteiger partial charge in [0.15, 0.2) is 0 Å². The van der Waals surface area contributed by atoms with E-state index >= 15 is 0 Å². The lowest BCUT2D eigenvalue weighted by atomic mass is 9.93. The molecular weight excluding hydrogens is 266 g/mol. The molecular formula is C16H33N3O2. The summed E-state index contributed by atoms with van der Waals surface area (Å²) in [6.07, 6.45) is 3.19. The molecule has 1 amide bonds. The first-order valence-electron chi connectivity index (χ1n) is 8.18. The summed E-state index contributed by atoms with van der Waals surface area (Å²) in [5.41, 5.74) is 4.96. The van der Waals surface area contributed by atoms with Crippen molar-refractivity contribution in [1.29, 1.82) is 0 Å². The Balaban J connectivity index is 2.35. The van der Waals surface area contributed by atoms with Gasteiger partial charge in [0.05, 0.1) is 18.2 Å². The van der Waals surface area contributed by atoms with Gasteiger partial charge in [-0.2, -0.15) is 0 Å². The Bertz CT molecular complexity index is 335. The number of ether oxygens (including phenoxy) is 1. The van der Waals surface area contributed by atoms with E-state index in [-0.39, 0.29) is 11.9 Å². The first-order valence-corrected chi connectivity index (χ1v) is 8.18. The largest absolute Gasteiger partial charge is 0.376 e. The van der Waals surface area contributed by atoms with Gasteiger partial charge in [-0.3, -0.25) is 9.69 Å². The van der Waals surface area contributed by atoms with Crippen molar-refractivity contribution in [1.82, 2.24) is 10.2 Å². The standard InChI is InChI=1S/C16H33N3O2/c1-12(2)18-16(5,15(17)20)8-6-7-9-19-10-14(4)21-11-13(19)3/h12-14,18H,6-11H2,1-5H3,(H2,17,20). The lowest BCUT2D eigenvalue weighted by Gasteiger charge is -2.37. The topological polar surface area (TPSA) is 67.6 Å². The van der Waals surface area contributed by atoms with E-state index in [4.69, 9.17) is 10.5 Å². The third-order valence-electron chi connectivity index (χ3n) is 4.26. The Morgan fingerprint density at radius 2 is 2.10 bits per heavy atom. The molecule has 5 heteroatoms. The van der Waals surface area contributed by atoms with Crippen molar-refractivity contribution in [3.8, 4) is 0 Å². The van der Waals surface area contributed by atoms with Crippen LogP contribution in [-0.4, -0.2) is 54.2 Å². The second-order valence-corrected chi connectivity index (χ2v) is 6.94. The fourth-order valence-corrected chi connectivity index (χ4v) is 2.98. The van der Waals surface area contributed by atoms with E-state index in [1.54, 1.807) is 0 Å². The summed E-state index contributed by atoms with van der Waals surface area (Å²) in [7, 11) is 0. The monoisotopic (exact) mass is 299 g/mol. The van der Waals surface area contributed by atoms with Gasteiger partial charge in [-0.05, 0) is 60.4 Å². The van der Waals surface area contributed by atoms with Crippen LogP contribution in [0.2, 0.25) is 0 Å². The van der Waals surface area contributed by atoms with Crippen LogP contribution in [0.1, 0.15) is 53.9 Å². The van der Waals surface area contributed by atoms with Gasteiger partial charge in [0.25, 0.3) is 0 Å². The van der Waals surface area contributed by atoms with E-state index in [1.807, 2.05) is 20.8 Å². The molecule has 3 unspecified atom stereocenters. The molecule has 0 aromatic heterocycles. The summed E-state index contributed by atoms with van der Waals surface area (Å²) in [5.74, 6) is -0.260. The molecule has 0 aliphatic carbocycles. The highest BCUT2D eigenvalue weighted by molar-refractivity contribution is 5.84. The van der Waals surface area contributed by atoms with Crippen molar-refractivity contribution in [3.05, 3.63) is 0 Å². The molecule has 0 spiro atoms. The quantitative estimate of drug-likeness (QED) is 0.667. The maximum Gasteiger partial charge on any atom is 0.237 e. The third-order valence-corrected chi connectivity index (χ3v) is 4.26. The van der Waals surface area contributed by atoms with Crippen molar-refractivity contribution in [2.75, 3.05) is 19.7 Å². The number of nitrogens with two attached hydrogens (primary N) is 1. The van der Waals surface area contributed by atoms with Crippen molar-refractivity contribution in [2.45, 2.75) is 77.6 Å². The summed E-state index contributed by atoms with van der Waals surface area (Å²) in [5, 5.41) is 3.30. The van der Waals surface area contributed by atoms with Gasteiger partial charge in [0, 0.05) is 18.6 Å². The molecule has 21 heavy (non-hydrogen) atoms. The van der Waals surface area contributed by atoms with Crippen LogP contribution in [0.3, 0.4) is 0 Å². The second kappa shape index (κ2) is 8.11. The summed E-state index contributed by atoms with van der Waals surface area (Å²) in [6, 6.07) is 0.736. The number of carbonyl (C=O) groups excluding carboxylic acids is 1. The Hall–Kier alpha value is -0.650. The summed E-state index contributed by atoms with van der Waals surface area (Å²) >= 11 is 0. The van der Waals surface area contributed by atoms with Crippen LogP contribution < -0.4 is 11.1 Å². The van der Waals surface area contributed by atoms with Crippen molar-refractivity contribution < 1.29 is 9.53 Å². The van der Waals surface area contributed by atoms with Crippen LogP contribution in [0.15, 0.2) is 0 Å². The van der Waals surface area contributed by atoms with Gasteiger partial charge in [-0.25, -0.2) is 0 Å². The van der Waals surface area contributed by atoms with E-state index in [0.29, 0.717) is 12.1 Å². The van der Waals surface area contributed by atoms with Crippen molar-refractivity contribution in [3.63, 3.8) is 0 Å². The number of primary amides is 1. The zero-order chi connectivity index (χ0) is 16.0. The number of hydrogen-bond donors (Lipinski definition) is 2. The number of rotatable bonds is 8. The molecule has 1 fully saturated rings. The van der Waals surface area contributed by atoms with E-state index in [0.717, 1.165) is 39.0 Å². The Morgan fingerprint density at radius 3 is 2.67 bits per heavy atom. The van der Waals surface area contributed by atoms with Gasteiger partial charge < -0.3 is 15.8 Å². The molecule has 3 N–H and O–H groups in total. The molecule has 5 nitrogen and oxygen atoms in total. The lowest BCUT2D eigenvalue weighted by Crippen LogP contribution is -2.55. The molecule has 0 saturated carbocycles. The highest BCUT2D eigenvalue weighted by Crippen LogP contribution is 2.17. The maximum absolute atomic E-state index is 11.7. The fourth-order valence-electron chi connectivity index (χ4n) is 2.98. The second-order valence-electron chi connectivity index (χ2n) is 6.94. The first-order chi connectivity index (χ1) is 9.74. The Labute approximate surface area is 129 Å². The molecule has 0 radical (unpaired) electrons. The molecule has 1 aliphatic rings. The zero-order valence-electron chi connectivity index (χ0n) is 14.3. The molecule has 1 aliphatic heterocycles. The smallest absolute Gasteiger partial charge is 0.237 e. The highest BCUT2D eigenvalue weighted by Gasteiger charge is 2.31. The Kier molecular flexibility index (Phi) is 7.10. The average molecular weight is 299 g/mol.